The van der Waals surface area contributed by atoms with E-state index in [0.29, 0.717) is 0 Å². The Morgan fingerprint density at radius 3 is 2.77 bits per heavy atom. The lowest BCUT2D eigenvalue weighted by atomic mass is 10.1. The second kappa shape index (κ2) is 5.97. The molecule has 0 amide bonds. The molecule has 3 heterocycles. The van der Waals surface area contributed by atoms with Gasteiger partial charge in [0.2, 0.25) is 0 Å². The number of hydrogen-bond acceptors (Lipinski definition) is 5. The summed E-state index contributed by atoms with van der Waals surface area (Å²) in [4.78, 5) is 8.27. The monoisotopic (exact) mass is 342 g/mol. The molecule has 0 bridgehead atoms. The van der Waals surface area contributed by atoms with Gasteiger partial charge in [-0.1, -0.05) is 6.07 Å². The highest BCUT2D eigenvalue weighted by atomic mass is 16.3. The van der Waals surface area contributed by atoms with Gasteiger partial charge in [-0.05, 0) is 54.3 Å². The first-order valence-corrected chi connectivity index (χ1v) is 8.72. The molecule has 0 fully saturated rings. The zero-order valence-corrected chi connectivity index (χ0v) is 14.1. The van der Waals surface area contributed by atoms with Crippen LogP contribution in [-0.2, 0) is 6.42 Å². The van der Waals surface area contributed by atoms with Crippen LogP contribution in [-0.4, -0.2) is 9.97 Å². The van der Waals surface area contributed by atoms with E-state index in [4.69, 9.17) is 10.2 Å². The fourth-order valence-corrected chi connectivity index (χ4v) is 3.65. The molecule has 0 spiro atoms. The third kappa shape index (κ3) is 2.45. The van der Waals surface area contributed by atoms with Crippen molar-refractivity contribution in [3.05, 3.63) is 72.3 Å². The van der Waals surface area contributed by atoms with Gasteiger partial charge in [-0.3, -0.25) is 9.97 Å². The third-order valence-electron chi connectivity index (χ3n) is 4.97. The van der Waals surface area contributed by atoms with Gasteiger partial charge in [-0.2, -0.15) is 0 Å². The van der Waals surface area contributed by atoms with E-state index in [2.05, 4.69) is 33.5 Å². The molecule has 0 aliphatic heterocycles. The second-order valence-electron chi connectivity index (χ2n) is 6.60. The molecule has 1 aliphatic rings. The standard InChI is InChI=1S/C21H18N4O/c22-18-4-1-14-11-15(2-3-16(14)18)25-20-17-7-10-24-12-19(17)26-21(20)13-5-8-23-9-6-13/h2-3,5-12,18,25H,1,4,22H2. The van der Waals surface area contributed by atoms with Crippen molar-refractivity contribution in [2.45, 2.75) is 18.9 Å². The van der Waals surface area contributed by atoms with E-state index in [1.165, 1.54) is 11.1 Å². The van der Waals surface area contributed by atoms with Gasteiger partial charge in [0.15, 0.2) is 11.3 Å². The van der Waals surface area contributed by atoms with Crippen molar-refractivity contribution in [3.63, 3.8) is 0 Å². The van der Waals surface area contributed by atoms with Crippen LogP contribution >= 0.6 is 0 Å². The molecule has 3 aromatic heterocycles. The van der Waals surface area contributed by atoms with Crippen molar-refractivity contribution in [1.82, 2.24) is 9.97 Å². The number of pyridine rings is 2. The first-order valence-electron chi connectivity index (χ1n) is 8.72. The van der Waals surface area contributed by atoms with Gasteiger partial charge in [-0.25, -0.2) is 0 Å². The maximum absolute atomic E-state index is 6.16. The van der Waals surface area contributed by atoms with E-state index in [1.54, 1.807) is 24.8 Å². The van der Waals surface area contributed by atoms with Crippen LogP contribution in [0.3, 0.4) is 0 Å². The lowest BCUT2D eigenvalue weighted by molar-refractivity contribution is 0.631. The minimum atomic E-state index is 0.159. The Kier molecular flexibility index (Phi) is 3.47. The van der Waals surface area contributed by atoms with Crippen molar-refractivity contribution in [2.75, 3.05) is 5.32 Å². The maximum atomic E-state index is 6.16. The number of nitrogens with one attached hydrogen (secondary N) is 1. The smallest absolute Gasteiger partial charge is 0.159 e. The summed E-state index contributed by atoms with van der Waals surface area (Å²) < 4.78 is 6.09. The molecule has 1 atom stereocenters. The normalized spacial score (nSPS) is 16.0. The quantitative estimate of drug-likeness (QED) is 0.570. The molecule has 5 rings (SSSR count). The molecule has 4 aromatic rings. The van der Waals surface area contributed by atoms with E-state index in [-0.39, 0.29) is 6.04 Å². The van der Waals surface area contributed by atoms with E-state index < -0.39 is 0 Å². The summed E-state index contributed by atoms with van der Waals surface area (Å²) in [5.74, 6) is 0.785. The van der Waals surface area contributed by atoms with E-state index in [1.807, 2.05) is 18.2 Å². The number of hydrogen-bond donors (Lipinski definition) is 2. The van der Waals surface area contributed by atoms with Gasteiger partial charge >= 0.3 is 0 Å². The average Bonchev–Trinajstić information content (AvgIpc) is 3.24. The lowest BCUT2D eigenvalue weighted by Gasteiger charge is -2.10. The van der Waals surface area contributed by atoms with Gasteiger partial charge in [0.25, 0.3) is 0 Å². The molecule has 3 N–H and O–H groups in total. The predicted octanol–water partition coefficient (Wildman–Crippen LogP) is 4.58. The minimum Gasteiger partial charge on any atom is -0.452 e. The molecule has 0 saturated heterocycles. The fraction of sp³-hybridized carbons (Fsp3) is 0.143. The van der Waals surface area contributed by atoms with Crippen molar-refractivity contribution in [2.24, 2.45) is 5.73 Å². The number of rotatable bonds is 3. The van der Waals surface area contributed by atoms with E-state index in [9.17, 15) is 0 Å². The summed E-state index contributed by atoms with van der Waals surface area (Å²) in [5, 5.41) is 4.56. The Hall–Kier alpha value is -3.18. The van der Waals surface area contributed by atoms with E-state index >= 15 is 0 Å². The second-order valence-corrected chi connectivity index (χ2v) is 6.60. The number of aromatic nitrogens is 2. The van der Waals surface area contributed by atoms with Crippen molar-refractivity contribution >= 4 is 22.3 Å². The largest absolute Gasteiger partial charge is 0.452 e. The molecule has 128 valence electrons. The van der Waals surface area contributed by atoms with Gasteiger partial charge in [0.1, 0.15) is 0 Å². The van der Waals surface area contributed by atoms with Crippen LogP contribution in [0.5, 0.6) is 0 Å². The third-order valence-corrected chi connectivity index (χ3v) is 4.97. The number of nitrogens with two attached hydrogens (primary N) is 1. The van der Waals surface area contributed by atoms with Crippen molar-refractivity contribution in [3.8, 4) is 11.3 Å². The van der Waals surface area contributed by atoms with Gasteiger partial charge in [0, 0.05) is 41.3 Å². The topological polar surface area (TPSA) is 77.0 Å². The molecule has 1 aromatic carbocycles. The molecule has 1 aliphatic carbocycles. The van der Waals surface area contributed by atoms with Crippen LogP contribution in [0, 0.1) is 0 Å². The highest BCUT2D eigenvalue weighted by Crippen LogP contribution is 2.40. The summed E-state index contributed by atoms with van der Waals surface area (Å²) in [5.41, 5.74) is 12.4. The SMILES string of the molecule is NC1CCc2cc(Nc3c(-c4ccncc4)oc4cnccc34)ccc21. The highest BCUT2D eigenvalue weighted by molar-refractivity contribution is 6.00. The number of furan rings is 1. The van der Waals surface area contributed by atoms with Crippen LogP contribution in [0.2, 0.25) is 0 Å². The van der Waals surface area contributed by atoms with Crippen LogP contribution in [0.15, 0.2) is 65.6 Å². The zero-order valence-electron chi connectivity index (χ0n) is 14.1. The molecule has 5 heteroatoms. The van der Waals surface area contributed by atoms with Gasteiger partial charge in [0.05, 0.1) is 11.9 Å². The Labute approximate surface area is 150 Å². The Morgan fingerprint density at radius 2 is 1.88 bits per heavy atom. The van der Waals surface area contributed by atoms with Crippen LogP contribution < -0.4 is 11.1 Å². The summed E-state index contributed by atoms with van der Waals surface area (Å²) in [6.07, 6.45) is 9.09. The first kappa shape index (κ1) is 15.1. The molecular formula is C21H18N4O. The summed E-state index contributed by atoms with van der Waals surface area (Å²) in [7, 11) is 0. The average molecular weight is 342 g/mol. The molecule has 26 heavy (non-hydrogen) atoms. The summed E-state index contributed by atoms with van der Waals surface area (Å²) in [6.45, 7) is 0. The number of nitrogens with zero attached hydrogens (tertiary/aromatic N) is 2. The van der Waals surface area contributed by atoms with Gasteiger partial charge in [-0.15, -0.1) is 0 Å². The predicted molar refractivity (Wildman–Crippen MR) is 102 cm³/mol. The Balaban J connectivity index is 1.62. The number of aryl methyl sites for hydroxylation is 1. The molecule has 1 unspecified atom stereocenters. The Bertz CT molecular complexity index is 1090. The highest BCUT2D eigenvalue weighted by Gasteiger charge is 2.20. The molecular weight excluding hydrogens is 324 g/mol. The van der Waals surface area contributed by atoms with Gasteiger partial charge < -0.3 is 15.5 Å². The molecule has 5 nitrogen and oxygen atoms in total. The number of benzene rings is 1. The number of anilines is 2. The Morgan fingerprint density at radius 1 is 1.04 bits per heavy atom. The van der Waals surface area contributed by atoms with Crippen molar-refractivity contribution in [1.29, 1.82) is 0 Å². The van der Waals surface area contributed by atoms with Crippen LogP contribution in [0.4, 0.5) is 11.4 Å². The van der Waals surface area contributed by atoms with E-state index in [0.717, 1.165) is 46.5 Å². The van der Waals surface area contributed by atoms with Crippen LogP contribution in [0.1, 0.15) is 23.6 Å². The number of fused-ring (bicyclic) bond motifs is 2. The minimum absolute atomic E-state index is 0.159. The molecule has 0 radical (unpaired) electrons. The summed E-state index contributed by atoms with van der Waals surface area (Å²) >= 11 is 0. The summed E-state index contributed by atoms with van der Waals surface area (Å²) in [6, 6.07) is 12.4. The zero-order chi connectivity index (χ0) is 17.5. The lowest BCUT2D eigenvalue weighted by Crippen LogP contribution is -2.05. The maximum Gasteiger partial charge on any atom is 0.159 e. The fourth-order valence-electron chi connectivity index (χ4n) is 3.65. The van der Waals surface area contributed by atoms with Crippen LogP contribution in [0.25, 0.3) is 22.3 Å². The molecule has 0 saturated carbocycles. The van der Waals surface area contributed by atoms with Crippen molar-refractivity contribution < 1.29 is 4.42 Å². The first-order chi connectivity index (χ1) is 12.8.